The van der Waals surface area contributed by atoms with E-state index in [1.54, 1.807) is 7.11 Å². The van der Waals surface area contributed by atoms with E-state index in [0.717, 1.165) is 5.75 Å². The Balaban J connectivity index is 2.97. The van der Waals surface area contributed by atoms with Crippen LogP contribution in [0.25, 0.3) is 11.1 Å². The first kappa shape index (κ1) is 19.6. The van der Waals surface area contributed by atoms with Gasteiger partial charge in [0.25, 0.3) is 0 Å². The van der Waals surface area contributed by atoms with Crippen molar-refractivity contribution in [2.45, 2.75) is 73.1 Å². The zero-order chi connectivity index (χ0) is 18.9. The molecule has 0 unspecified atom stereocenters. The van der Waals surface area contributed by atoms with Gasteiger partial charge < -0.3 is 4.74 Å². The second-order valence-electron chi connectivity index (χ2n) is 8.12. The molecule has 0 radical (unpaired) electrons. The molecule has 1 heteroatoms. The van der Waals surface area contributed by atoms with E-state index < -0.39 is 0 Å². The fourth-order valence-electron chi connectivity index (χ4n) is 3.52. The van der Waals surface area contributed by atoms with Crippen molar-refractivity contribution in [2.24, 2.45) is 0 Å². The van der Waals surface area contributed by atoms with Crippen molar-refractivity contribution in [3.05, 3.63) is 52.1 Å². The molecule has 0 fully saturated rings. The van der Waals surface area contributed by atoms with Crippen LogP contribution in [0.4, 0.5) is 0 Å². The summed E-state index contributed by atoms with van der Waals surface area (Å²) in [7, 11) is 1.78. The normalized spacial score (nSPS) is 11.7. The molecule has 0 amide bonds. The van der Waals surface area contributed by atoms with Gasteiger partial charge >= 0.3 is 0 Å². The number of hydrogen-bond donors (Lipinski definition) is 0. The molecule has 0 heterocycles. The smallest absolute Gasteiger partial charge is 0.126 e. The van der Waals surface area contributed by atoms with E-state index in [1.165, 1.54) is 38.9 Å². The lowest BCUT2D eigenvalue weighted by molar-refractivity contribution is 0.416. The monoisotopic (exact) mass is 338 g/mol. The Hall–Kier alpha value is -1.76. The molecule has 136 valence electrons. The summed E-state index contributed by atoms with van der Waals surface area (Å²) < 4.78 is 5.78. The van der Waals surface area contributed by atoms with Crippen LogP contribution in [0.1, 0.15) is 87.1 Å². The summed E-state index contributed by atoms with van der Waals surface area (Å²) in [6.07, 6.45) is 0. The van der Waals surface area contributed by atoms with Gasteiger partial charge in [0.05, 0.1) is 7.11 Å². The maximum absolute atomic E-state index is 5.78. The van der Waals surface area contributed by atoms with Gasteiger partial charge in [0.1, 0.15) is 5.75 Å². The maximum atomic E-state index is 5.78. The highest BCUT2D eigenvalue weighted by Crippen LogP contribution is 2.44. The quantitative estimate of drug-likeness (QED) is 0.553. The van der Waals surface area contributed by atoms with Crippen LogP contribution in [0.15, 0.2) is 24.3 Å². The Bertz CT molecular complexity index is 722. The molecular formula is C24H34O. The number of benzene rings is 2. The standard InChI is InChI=1S/C24H34O/c1-14(2)19-12-20(15(3)4)24(21(13-19)16(5)6)23-18(8)17(7)10-11-22(23)25-9/h10-16H,1-9H3. The number of rotatable bonds is 5. The zero-order valence-electron chi connectivity index (χ0n) is 17.4. The third-order valence-corrected chi connectivity index (χ3v) is 5.30. The molecule has 0 atom stereocenters. The van der Waals surface area contributed by atoms with E-state index in [2.05, 4.69) is 79.7 Å². The van der Waals surface area contributed by atoms with Gasteiger partial charge in [0.15, 0.2) is 0 Å². The van der Waals surface area contributed by atoms with E-state index in [0.29, 0.717) is 17.8 Å². The second kappa shape index (κ2) is 7.64. The number of aryl methyl sites for hydroxylation is 1. The van der Waals surface area contributed by atoms with Crippen LogP contribution in [0.2, 0.25) is 0 Å². The van der Waals surface area contributed by atoms with Crippen LogP contribution in [0.5, 0.6) is 5.75 Å². The lowest BCUT2D eigenvalue weighted by Gasteiger charge is -2.26. The van der Waals surface area contributed by atoms with Crippen LogP contribution >= 0.6 is 0 Å². The molecule has 0 saturated heterocycles. The molecular weight excluding hydrogens is 304 g/mol. The van der Waals surface area contributed by atoms with Crippen molar-refractivity contribution in [3.63, 3.8) is 0 Å². The summed E-state index contributed by atoms with van der Waals surface area (Å²) >= 11 is 0. The molecule has 25 heavy (non-hydrogen) atoms. The molecule has 2 aromatic carbocycles. The lowest BCUT2D eigenvalue weighted by Crippen LogP contribution is -2.06. The largest absolute Gasteiger partial charge is 0.496 e. The van der Waals surface area contributed by atoms with E-state index >= 15 is 0 Å². The Morgan fingerprint density at radius 1 is 0.720 bits per heavy atom. The zero-order valence-corrected chi connectivity index (χ0v) is 17.4. The highest BCUT2D eigenvalue weighted by molar-refractivity contribution is 5.81. The predicted octanol–water partition coefficient (Wildman–Crippen LogP) is 7.35. The summed E-state index contributed by atoms with van der Waals surface area (Å²) in [5.74, 6) is 2.44. The van der Waals surface area contributed by atoms with Gasteiger partial charge in [-0.3, -0.25) is 0 Å². The Labute approximate surface area is 154 Å². The molecule has 0 aliphatic heterocycles. The van der Waals surface area contributed by atoms with E-state index in [4.69, 9.17) is 4.74 Å². The van der Waals surface area contributed by atoms with E-state index in [-0.39, 0.29) is 0 Å². The number of ether oxygens (including phenoxy) is 1. The van der Waals surface area contributed by atoms with Gasteiger partial charge in [-0.25, -0.2) is 0 Å². The van der Waals surface area contributed by atoms with Crippen LogP contribution in [-0.2, 0) is 0 Å². The first-order valence-electron chi connectivity index (χ1n) is 9.51. The van der Waals surface area contributed by atoms with Gasteiger partial charge in [-0.2, -0.15) is 0 Å². The summed E-state index contributed by atoms with van der Waals surface area (Å²) in [4.78, 5) is 0. The highest BCUT2D eigenvalue weighted by Gasteiger charge is 2.22. The molecule has 0 spiro atoms. The van der Waals surface area contributed by atoms with Crippen molar-refractivity contribution in [3.8, 4) is 16.9 Å². The number of methoxy groups -OCH3 is 1. The summed E-state index contributed by atoms with van der Waals surface area (Å²) in [6, 6.07) is 9.10. The SMILES string of the molecule is COc1ccc(C)c(C)c1-c1c(C(C)C)cc(C(C)C)cc1C(C)C. The van der Waals surface area contributed by atoms with Crippen molar-refractivity contribution >= 4 is 0 Å². The third-order valence-electron chi connectivity index (χ3n) is 5.30. The minimum atomic E-state index is 0.468. The molecule has 0 N–H and O–H groups in total. The van der Waals surface area contributed by atoms with Gasteiger partial charge in [-0.15, -0.1) is 0 Å². The van der Waals surface area contributed by atoms with Gasteiger partial charge in [0, 0.05) is 5.56 Å². The molecule has 0 aliphatic carbocycles. The molecule has 0 aliphatic rings. The lowest BCUT2D eigenvalue weighted by atomic mass is 9.80. The minimum Gasteiger partial charge on any atom is -0.496 e. The molecule has 0 aromatic heterocycles. The van der Waals surface area contributed by atoms with E-state index in [1.807, 2.05) is 0 Å². The summed E-state index contributed by atoms with van der Waals surface area (Å²) in [6.45, 7) is 18.1. The first-order valence-corrected chi connectivity index (χ1v) is 9.51. The Morgan fingerprint density at radius 3 is 1.64 bits per heavy atom. The molecule has 0 saturated carbocycles. The van der Waals surface area contributed by atoms with Crippen LogP contribution < -0.4 is 4.74 Å². The average Bonchev–Trinajstić information content (AvgIpc) is 2.55. The van der Waals surface area contributed by atoms with Crippen LogP contribution in [0, 0.1) is 13.8 Å². The fourth-order valence-corrected chi connectivity index (χ4v) is 3.52. The van der Waals surface area contributed by atoms with E-state index in [9.17, 15) is 0 Å². The van der Waals surface area contributed by atoms with Crippen LogP contribution in [-0.4, -0.2) is 7.11 Å². The Morgan fingerprint density at radius 2 is 1.24 bits per heavy atom. The first-order chi connectivity index (χ1) is 11.7. The van der Waals surface area contributed by atoms with Crippen molar-refractivity contribution in [1.29, 1.82) is 0 Å². The van der Waals surface area contributed by atoms with Crippen molar-refractivity contribution < 1.29 is 4.74 Å². The second-order valence-corrected chi connectivity index (χ2v) is 8.12. The van der Waals surface area contributed by atoms with Gasteiger partial charge in [-0.1, -0.05) is 59.7 Å². The maximum Gasteiger partial charge on any atom is 0.126 e. The van der Waals surface area contributed by atoms with Gasteiger partial charge in [-0.05, 0) is 71.0 Å². The topological polar surface area (TPSA) is 9.23 Å². The minimum absolute atomic E-state index is 0.468. The van der Waals surface area contributed by atoms with Crippen LogP contribution in [0.3, 0.4) is 0 Å². The average molecular weight is 339 g/mol. The van der Waals surface area contributed by atoms with Crippen molar-refractivity contribution in [1.82, 2.24) is 0 Å². The predicted molar refractivity (Wildman–Crippen MR) is 110 cm³/mol. The fraction of sp³-hybridized carbons (Fsp3) is 0.500. The summed E-state index contributed by atoms with van der Waals surface area (Å²) in [5.41, 5.74) is 9.58. The molecule has 1 nitrogen and oxygen atoms in total. The highest BCUT2D eigenvalue weighted by atomic mass is 16.5. The summed E-state index contributed by atoms with van der Waals surface area (Å²) in [5, 5.41) is 0. The third kappa shape index (κ3) is 3.76. The molecule has 2 rings (SSSR count). The molecule has 2 aromatic rings. The molecule has 0 bridgehead atoms. The number of hydrogen-bond acceptors (Lipinski definition) is 1. The van der Waals surface area contributed by atoms with Gasteiger partial charge in [0.2, 0.25) is 0 Å². The Kier molecular flexibility index (Phi) is 5.98. The van der Waals surface area contributed by atoms with Crippen molar-refractivity contribution in [2.75, 3.05) is 7.11 Å².